The van der Waals surface area contributed by atoms with Crippen molar-refractivity contribution in [2.75, 3.05) is 0 Å². The van der Waals surface area contributed by atoms with Crippen molar-refractivity contribution in [1.82, 2.24) is 4.72 Å². The molecule has 2 atom stereocenters. The number of amides is 1. The number of sulfonamides is 1. The zero-order valence-corrected chi connectivity index (χ0v) is 19.4. The van der Waals surface area contributed by atoms with E-state index in [4.69, 9.17) is 28.9 Å². The third-order valence-corrected chi connectivity index (χ3v) is 10.7. The lowest BCUT2D eigenvalue weighted by Crippen LogP contribution is -2.56. The van der Waals surface area contributed by atoms with E-state index in [1.165, 1.54) is 12.1 Å². The highest BCUT2D eigenvalue weighted by atomic mass is 35.5. The molecule has 1 aromatic carbocycles. The van der Waals surface area contributed by atoms with Gasteiger partial charge in [-0.25, -0.2) is 8.42 Å². The Hall–Kier alpha value is -1.15. The molecule has 5 aliphatic carbocycles. The topological polar surface area (TPSA) is 106 Å². The summed E-state index contributed by atoms with van der Waals surface area (Å²) in [6.45, 7) is 0. The summed E-state index contributed by atoms with van der Waals surface area (Å²) in [5.41, 5.74) is 4.30. The number of rotatable bonds is 7. The highest BCUT2D eigenvalue weighted by Crippen LogP contribution is 2.63. The quantitative estimate of drug-likeness (QED) is 0.614. The van der Waals surface area contributed by atoms with Crippen LogP contribution in [0.5, 0.6) is 0 Å². The summed E-state index contributed by atoms with van der Waals surface area (Å²) in [6, 6.07) is 4.51. The minimum atomic E-state index is -4.04. The molecule has 6 nitrogen and oxygen atoms in total. The summed E-state index contributed by atoms with van der Waals surface area (Å²) < 4.78 is 28.6. The van der Waals surface area contributed by atoms with Gasteiger partial charge in [-0.05, 0) is 80.8 Å². The van der Waals surface area contributed by atoms with Crippen molar-refractivity contribution >= 4 is 44.9 Å². The second kappa shape index (κ2) is 7.17. The number of halogens is 2. The van der Waals surface area contributed by atoms with E-state index in [9.17, 15) is 18.0 Å². The Balaban J connectivity index is 1.33. The molecule has 6 rings (SSSR count). The Morgan fingerprint density at radius 3 is 2.16 bits per heavy atom. The van der Waals surface area contributed by atoms with Gasteiger partial charge < -0.3 is 5.73 Å². The number of ketones is 1. The highest BCUT2D eigenvalue weighted by molar-refractivity contribution is 7.89. The summed E-state index contributed by atoms with van der Waals surface area (Å²) >= 11 is 12.2. The summed E-state index contributed by atoms with van der Waals surface area (Å²) in [5, 5.41) is 0.0575. The molecule has 0 saturated heterocycles. The summed E-state index contributed by atoms with van der Waals surface area (Å²) in [5.74, 6) is 1.08. The lowest BCUT2D eigenvalue weighted by molar-refractivity contribution is -0.151. The van der Waals surface area contributed by atoms with E-state index in [1.807, 2.05) is 0 Å². The van der Waals surface area contributed by atoms with Gasteiger partial charge in [0.25, 0.3) is 0 Å². The van der Waals surface area contributed by atoms with Gasteiger partial charge in [-0.3, -0.25) is 9.59 Å². The van der Waals surface area contributed by atoms with E-state index in [1.54, 1.807) is 6.07 Å². The molecule has 0 heterocycles. The van der Waals surface area contributed by atoms with Gasteiger partial charge in [0.05, 0.1) is 15.6 Å². The van der Waals surface area contributed by atoms with Crippen molar-refractivity contribution < 1.29 is 18.0 Å². The van der Waals surface area contributed by atoms with Gasteiger partial charge in [-0.15, -0.1) is 0 Å². The SMILES string of the molecule is NC(=O)C12CC3CC(C1)C(CC(=O)C1(NS(=O)(=O)c4c(Cl)cccc4Cl)CC1)C(C3)C2. The van der Waals surface area contributed by atoms with Crippen molar-refractivity contribution in [3.05, 3.63) is 28.2 Å². The minimum Gasteiger partial charge on any atom is -0.369 e. The van der Waals surface area contributed by atoms with Gasteiger partial charge in [0.1, 0.15) is 4.90 Å². The largest absolute Gasteiger partial charge is 0.369 e. The number of carbonyl (C=O) groups is 2. The average Bonchev–Trinajstić information content (AvgIpc) is 3.43. The van der Waals surface area contributed by atoms with Gasteiger partial charge >= 0.3 is 0 Å². The molecule has 5 saturated carbocycles. The molecular weight excluding hydrogens is 459 g/mol. The number of Topliss-reactive ketones (excluding diaryl/α,β-unsaturated/α-hetero) is 1. The van der Waals surface area contributed by atoms with Crippen LogP contribution in [-0.2, 0) is 19.6 Å². The Kier molecular flexibility index (Phi) is 5.02. The average molecular weight is 485 g/mol. The van der Waals surface area contributed by atoms with Crippen LogP contribution in [-0.4, -0.2) is 25.6 Å². The Labute approximate surface area is 192 Å². The third-order valence-electron chi connectivity index (χ3n) is 8.21. The fraction of sp³-hybridized carbons (Fsp3) is 0.636. The highest BCUT2D eigenvalue weighted by Gasteiger charge is 2.60. The van der Waals surface area contributed by atoms with Crippen molar-refractivity contribution in [2.45, 2.75) is 61.8 Å². The normalized spacial score (nSPS) is 35.2. The monoisotopic (exact) mass is 484 g/mol. The van der Waals surface area contributed by atoms with Crippen molar-refractivity contribution in [3.8, 4) is 0 Å². The third kappa shape index (κ3) is 3.52. The number of benzene rings is 1. The van der Waals surface area contributed by atoms with Crippen LogP contribution in [0.3, 0.4) is 0 Å². The van der Waals surface area contributed by atoms with Gasteiger partial charge in [0.2, 0.25) is 15.9 Å². The predicted molar refractivity (Wildman–Crippen MR) is 117 cm³/mol. The van der Waals surface area contributed by atoms with Crippen LogP contribution in [0.4, 0.5) is 0 Å². The van der Waals surface area contributed by atoms with Gasteiger partial charge in [-0.2, -0.15) is 4.72 Å². The summed E-state index contributed by atoms with van der Waals surface area (Å²) in [4.78, 5) is 25.3. The number of primary amides is 1. The minimum absolute atomic E-state index is 0.0287. The first-order valence-electron chi connectivity index (χ1n) is 10.9. The Morgan fingerprint density at radius 2 is 1.65 bits per heavy atom. The summed E-state index contributed by atoms with van der Waals surface area (Å²) in [7, 11) is -4.04. The molecule has 31 heavy (non-hydrogen) atoms. The molecule has 3 N–H and O–H groups in total. The van der Waals surface area contributed by atoms with E-state index in [2.05, 4.69) is 4.72 Å². The van der Waals surface area contributed by atoms with Crippen molar-refractivity contribution in [1.29, 1.82) is 0 Å². The van der Waals surface area contributed by atoms with Crippen LogP contribution in [0.2, 0.25) is 10.0 Å². The molecule has 4 bridgehead atoms. The molecule has 2 unspecified atom stereocenters. The second-order valence-electron chi connectivity index (χ2n) is 10.1. The number of carbonyl (C=O) groups excluding carboxylic acids is 2. The van der Waals surface area contributed by atoms with E-state index >= 15 is 0 Å². The molecule has 168 valence electrons. The molecule has 1 aromatic rings. The van der Waals surface area contributed by atoms with Crippen molar-refractivity contribution in [3.63, 3.8) is 0 Å². The van der Waals surface area contributed by atoms with Crippen molar-refractivity contribution in [2.24, 2.45) is 34.8 Å². The standard InChI is InChI=1S/C22H26Cl2N2O4S/c23-16-2-1-3-17(24)19(16)31(29,30)26-22(4-5-22)18(27)8-15-13-6-12-7-14(15)11-21(9-12,10-13)20(25)28/h1-3,12-15,26H,4-11H2,(H2,25,28). The number of nitrogens with one attached hydrogen (secondary N) is 1. The Bertz CT molecular complexity index is 1030. The van der Waals surface area contributed by atoms with Gasteiger partial charge in [-0.1, -0.05) is 29.3 Å². The van der Waals surface area contributed by atoms with E-state index in [0.717, 1.165) is 32.1 Å². The van der Waals surface area contributed by atoms with E-state index in [-0.39, 0.29) is 32.5 Å². The maximum atomic E-state index is 13.3. The predicted octanol–water partition coefficient (Wildman–Crippen LogP) is 3.69. The van der Waals surface area contributed by atoms with Crippen LogP contribution < -0.4 is 10.5 Å². The van der Waals surface area contributed by atoms with Crippen LogP contribution in [0.1, 0.15) is 51.4 Å². The second-order valence-corrected chi connectivity index (χ2v) is 12.6. The molecule has 0 radical (unpaired) electrons. The molecule has 1 amide bonds. The molecular formula is C22H26Cl2N2O4S. The molecule has 0 spiro atoms. The van der Waals surface area contributed by atoms with Crippen LogP contribution in [0.15, 0.2) is 23.1 Å². The molecule has 5 fully saturated rings. The van der Waals surface area contributed by atoms with E-state index < -0.39 is 21.0 Å². The van der Waals surface area contributed by atoms with Gasteiger partial charge in [0.15, 0.2) is 5.78 Å². The maximum absolute atomic E-state index is 13.3. The molecule has 5 aliphatic rings. The first-order valence-corrected chi connectivity index (χ1v) is 13.1. The molecule has 0 aliphatic heterocycles. The van der Waals surface area contributed by atoms with Crippen LogP contribution >= 0.6 is 23.2 Å². The zero-order chi connectivity index (χ0) is 22.2. The lowest BCUT2D eigenvalue weighted by atomic mass is 9.45. The van der Waals surface area contributed by atoms with Gasteiger partial charge in [0, 0.05) is 11.8 Å². The molecule has 9 heteroatoms. The number of hydrogen-bond donors (Lipinski definition) is 2. The van der Waals surface area contributed by atoms with Crippen LogP contribution in [0.25, 0.3) is 0 Å². The number of hydrogen-bond acceptors (Lipinski definition) is 4. The summed E-state index contributed by atoms with van der Waals surface area (Å²) in [6.07, 6.45) is 5.79. The smallest absolute Gasteiger partial charge is 0.244 e. The Morgan fingerprint density at radius 1 is 1.06 bits per heavy atom. The first-order chi connectivity index (χ1) is 14.6. The maximum Gasteiger partial charge on any atom is 0.244 e. The lowest BCUT2D eigenvalue weighted by Gasteiger charge is -2.59. The van der Waals surface area contributed by atoms with Crippen LogP contribution in [0, 0.1) is 29.1 Å². The fourth-order valence-electron chi connectivity index (χ4n) is 6.78. The fourth-order valence-corrected chi connectivity index (χ4v) is 9.38. The zero-order valence-electron chi connectivity index (χ0n) is 17.1. The first kappa shape index (κ1) is 21.7. The van der Waals surface area contributed by atoms with E-state index in [0.29, 0.717) is 37.0 Å². The number of nitrogens with two attached hydrogens (primary N) is 1. The molecule has 0 aromatic heterocycles.